The number of carbonyl (C=O) groups excluding carboxylic acids is 1. The molecule has 0 saturated heterocycles. The zero-order valence-corrected chi connectivity index (χ0v) is 19.0. The topological polar surface area (TPSA) is 77.4 Å². The molecule has 0 aliphatic carbocycles. The van der Waals surface area contributed by atoms with E-state index in [-0.39, 0.29) is 11.6 Å². The molecule has 0 aliphatic rings. The number of nitrogens with zero attached hydrogens (tertiary/aromatic N) is 2. The lowest BCUT2D eigenvalue weighted by molar-refractivity contribution is -0.117. The average molecular weight is 421 g/mol. The van der Waals surface area contributed by atoms with Gasteiger partial charge in [-0.2, -0.15) is 5.26 Å². The highest BCUT2D eigenvalue weighted by Crippen LogP contribution is 2.26. The van der Waals surface area contributed by atoms with Crippen molar-refractivity contribution in [3.8, 4) is 11.8 Å². The van der Waals surface area contributed by atoms with Gasteiger partial charge in [-0.15, -0.1) is 0 Å². The molecule has 0 radical (unpaired) electrons. The van der Waals surface area contributed by atoms with Gasteiger partial charge < -0.3 is 20.3 Å². The van der Waals surface area contributed by atoms with Crippen LogP contribution in [0.3, 0.4) is 0 Å². The highest BCUT2D eigenvalue weighted by molar-refractivity contribution is 5.97. The standard InChI is InChI=1S/C25H32N4O2/c1-6-29(7-2)22-12-10-21(11-13-22)27-17-20(16-26)25(30)28-19(5)23-15-18(4)9-14-24(23)31-8-3/h9-15,17,19,27H,6-8H2,1-5H3,(H,28,30)/b20-17-. The van der Waals surface area contributed by atoms with Gasteiger partial charge in [0.1, 0.15) is 17.4 Å². The Morgan fingerprint density at radius 1 is 1.16 bits per heavy atom. The lowest BCUT2D eigenvalue weighted by atomic mass is 10.0. The van der Waals surface area contributed by atoms with Crippen LogP contribution in [0.15, 0.2) is 54.2 Å². The number of nitrogens with one attached hydrogen (secondary N) is 2. The maximum Gasteiger partial charge on any atom is 0.263 e. The van der Waals surface area contributed by atoms with Crippen molar-refractivity contribution in [1.82, 2.24) is 5.32 Å². The molecule has 0 spiro atoms. The fourth-order valence-electron chi connectivity index (χ4n) is 3.31. The van der Waals surface area contributed by atoms with E-state index in [9.17, 15) is 10.1 Å². The molecule has 6 heteroatoms. The van der Waals surface area contributed by atoms with Crippen LogP contribution in [-0.2, 0) is 4.79 Å². The number of carbonyl (C=O) groups is 1. The van der Waals surface area contributed by atoms with Crippen LogP contribution in [0.4, 0.5) is 11.4 Å². The second-order valence-corrected chi connectivity index (χ2v) is 7.20. The van der Waals surface area contributed by atoms with Crippen LogP contribution >= 0.6 is 0 Å². The number of anilines is 2. The molecule has 0 aromatic heterocycles. The zero-order valence-electron chi connectivity index (χ0n) is 19.0. The molecule has 31 heavy (non-hydrogen) atoms. The highest BCUT2D eigenvalue weighted by Gasteiger charge is 2.17. The molecule has 2 rings (SSSR count). The van der Waals surface area contributed by atoms with E-state index in [1.807, 2.05) is 69.3 Å². The molecule has 0 heterocycles. The molecule has 1 amide bonds. The quantitative estimate of drug-likeness (QED) is 0.421. The Hall–Kier alpha value is -3.46. The van der Waals surface area contributed by atoms with Gasteiger partial charge in [0.2, 0.25) is 0 Å². The maximum absolute atomic E-state index is 12.7. The van der Waals surface area contributed by atoms with E-state index < -0.39 is 5.91 Å². The van der Waals surface area contributed by atoms with E-state index in [1.54, 1.807) is 0 Å². The molecule has 0 saturated carbocycles. The summed E-state index contributed by atoms with van der Waals surface area (Å²) in [6, 6.07) is 15.4. The largest absolute Gasteiger partial charge is 0.494 e. The summed E-state index contributed by atoms with van der Waals surface area (Å²) in [7, 11) is 0. The van der Waals surface area contributed by atoms with Crippen LogP contribution in [0.2, 0.25) is 0 Å². The van der Waals surface area contributed by atoms with Crippen LogP contribution in [0, 0.1) is 18.3 Å². The van der Waals surface area contributed by atoms with E-state index in [4.69, 9.17) is 4.74 Å². The number of nitriles is 1. The fourth-order valence-corrected chi connectivity index (χ4v) is 3.31. The van der Waals surface area contributed by atoms with Crippen molar-refractivity contribution >= 4 is 17.3 Å². The first-order valence-electron chi connectivity index (χ1n) is 10.7. The van der Waals surface area contributed by atoms with Gasteiger partial charge in [-0.3, -0.25) is 4.79 Å². The summed E-state index contributed by atoms with van der Waals surface area (Å²) in [4.78, 5) is 14.9. The number of hydrogen-bond donors (Lipinski definition) is 2. The monoisotopic (exact) mass is 420 g/mol. The van der Waals surface area contributed by atoms with Crippen LogP contribution in [0.25, 0.3) is 0 Å². The zero-order chi connectivity index (χ0) is 22.8. The third-order valence-corrected chi connectivity index (χ3v) is 5.02. The van der Waals surface area contributed by atoms with E-state index in [1.165, 1.54) is 6.20 Å². The Morgan fingerprint density at radius 3 is 2.42 bits per heavy atom. The fraction of sp³-hybridized carbons (Fsp3) is 0.360. The van der Waals surface area contributed by atoms with Crippen LogP contribution in [-0.4, -0.2) is 25.6 Å². The molecule has 6 nitrogen and oxygen atoms in total. The predicted molar refractivity (Wildman–Crippen MR) is 126 cm³/mol. The molecule has 1 atom stereocenters. The lowest BCUT2D eigenvalue weighted by Gasteiger charge is -2.21. The molecule has 2 aromatic rings. The van der Waals surface area contributed by atoms with E-state index in [0.29, 0.717) is 6.61 Å². The minimum absolute atomic E-state index is 0.00489. The number of benzene rings is 2. The van der Waals surface area contributed by atoms with Crippen molar-refractivity contribution in [2.45, 2.75) is 40.7 Å². The molecule has 164 valence electrons. The SMILES string of the molecule is CCOc1ccc(C)cc1C(C)NC(=O)/C(C#N)=C\Nc1ccc(N(CC)CC)cc1. The first kappa shape index (κ1) is 23.8. The van der Waals surface area contributed by atoms with Crippen LogP contribution in [0.1, 0.15) is 44.9 Å². The normalized spacial score (nSPS) is 11.9. The van der Waals surface area contributed by atoms with Crippen LogP contribution < -0.4 is 20.3 Å². The smallest absolute Gasteiger partial charge is 0.263 e. The molecular weight excluding hydrogens is 388 g/mol. The van der Waals surface area contributed by atoms with Gasteiger partial charge in [-0.05, 0) is 65.0 Å². The van der Waals surface area contributed by atoms with Gasteiger partial charge in [-0.1, -0.05) is 17.7 Å². The van der Waals surface area contributed by atoms with Gasteiger partial charge in [0.25, 0.3) is 5.91 Å². The Labute approximate surface area is 185 Å². The van der Waals surface area contributed by atoms with Crippen molar-refractivity contribution in [2.75, 3.05) is 29.9 Å². The molecule has 1 unspecified atom stereocenters. The summed E-state index contributed by atoms with van der Waals surface area (Å²) in [6.45, 7) is 12.4. The van der Waals surface area contributed by atoms with Crippen LogP contribution in [0.5, 0.6) is 5.75 Å². The Balaban J connectivity index is 2.09. The molecule has 0 bridgehead atoms. The summed E-state index contributed by atoms with van der Waals surface area (Å²) in [5.41, 5.74) is 3.90. The molecule has 2 aromatic carbocycles. The minimum Gasteiger partial charge on any atom is -0.494 e. The summed E-state index contributed by atoms with van der Waals surface area (Å²) >= 11 is 0. The van der Waals surface area contributed by atoms with Gasteiger partial charge >= 0.3 is 0 Å². The van der Waals surface area contributed by atoms with Gasteiger partial charge in [-0.25, -0.2) is 0 Å². The van der Waals surface area contributed by atoms with Crippen molar-refractivity contribution < 1.29 is 9.53 Å². The second-order valence-electron chi connectivity index (χ2n) is 7.20. The summed E-state index contributed by atoms with van der Waals surface area (Å²) in [5, 5.41) is 15.4. The number of amides is 1. The predicted octanol–water partition coefficient (Wildman–Crippen LogP) is 4.94. The van der Waals surface area contributed by atoms with Crippen molar-refractivity contribution in [1.29, 1.82) is 5.26 Å². The Morgan fingerprint density at radius 2 is 1.84 bits per heavy atom. The Kier molecular flexibility index (Phi) is 8.95. The highest BCUT2D eigenvalue weighted by atomic mass is 16.5. The van der Waals surface area contributed by atoms with Crippen molar-refractivity contribution in [2.24, 2.45) is 0 Å². The summed E-state index contributed by atoms with van der Waals surface area (Å²) in [6.07, 6.45) is 1.44. The molecular formula is C25H32N4O2. The number of rotatable bonds is 10. The van der Waals surface area contributed by atoms with Gasteiger partial charge in [0.05, 0.1) is 12.6 Å². The van der Waals surface area contributed by atoms with E-state index in [0.717, 1.165) is 41.3 Å². The lowest BCUT2D eigenvalue weighted by Crippen LogP contribution is -2.28. The van der Waals surface area contributed by atoms with Gasteiger partial charge in [0, 0.05) is 36.2 Å². The molecule has 0 fully saturated rings. The number of hydrogen-bond acceptors (Lipinski definition) is 5. The summed E-state index contributed by atoms with van der Waals surface area (Å²) < 4.78 is 5.68. The minimum atomic E-state index is -0.439. The maximum atomic E-state index is 12.7. The van der Waals surface area contributed by atoms with Crippen molar-refractivity contribution in [3.63, 3.8) is 0 Å². The Bertz CT molecular complexity index is 941. The summed E-state index contributed by atoms with van der Waals surface area (Å²) in [5.74, 6) is 0.293. The second kappa shape index (κ2) is 11.7. The molecule has 2 N–H and O–H groups in total. The third-order valence-electron chi connectivity index (χ3n) is 5.02. The van der Waals surface area contributed by atoms with E-state index >= 15 is 0 Å². The average Bonchev–Trinajstić information content (AvgIpc) is 2.77. The van der Waals surface area contributed by atoms with Gasteiger partial charge in [0.15, 0.2) is 0 Å². The first-order valence-corrected chi connectivity index (χ1v) is 10.7. The molecule has 0 aliphatic heterocycles. The van der Waals surface area contributed by atoms with Crippen molar-refractivity contribution in [3.05, 3.63) is 65.4 Å². The number of ether oxygens (including phenoxy) is 1. The number of aryl methyl sites for hydroxylation is 1. The third kappa shape index (κ3) is 6.51. The first-order chi connectivity index (χ1) is 14.9. The van der Waals surface area contributed by atoms with E-state index in [2.05, 4.69) is 29.4 Å².